The number of aliphatic hydroxyl groups excluding tert-OH is 1. The van der Waals surface area contributed by atoms with Crippen molar-refractivity contribution in [1.82, 2.24) is 0 Å². The lowest BCUT2D eigenvalue weighted by Gasteiger charge is -2.02. The Morgan fingerprint density at radius 1 is 0.909 bits per heavy atom. The van der Waals surface area contributed by atoms with Crippen molar-refractivity contribution in [2.24, 2.45) is 5.73 Å². The van der Waals surface area contributed by atoms with Gasteiger partial charge in [-0.3, -0.25) is 0 Å². The fourth-order valence-corrected chi connectivity index (χ4v) is 1.00. The van der Waals surface area contributed by atoms with Gasteiger partial charge in [0.05, 0.1) is 0 Å². The van der Waals surface area contributed by atoms with Crippen LogP contribution in [0.2, 0.25) is 0 Å². The summed E-state index contributed by atoms with van der Waals surface area (Å²) in [6, 6.07) is 0. The summed E-state index contributed by atoms with van der Waals surface area (Å²) in [5.41, 5.74) is 5.31. The third kappa shape index (κ3) is 9.88. The molecule has 0 heterocycles. The first kappa shape index (κ1) is 10.9. The number of rotatable bonds is 7. The van der Waals surface area contributed by atoms with Gasteiger partial charge in [0.2, 0.25) is 0 Å². The van der Waals surface area contributed by atoms with E-state index in [2.05, 4.69) is 0 Å². The highest BCUT2D eigenvalue weighted by molar-refractivity contribution is 4.46. The third-order valence-electron chi connectivity index (χ3n) is 1.67. The third-order valence-corrected chi connectivity index (χ3v) is 1.67. The molecule has 0 unspecified atom stereocenters. The van der Waals surface area contributed by atoms with Gasteiger partial charge in [-0.05, 0) is 25.8 Å². The first-order valence-electron chi connectivity index (χ1n) is 4.33. The Balaban J connectivity index is 2.80. The Labute approximate surface area is 68.2 Å². The van der Waals surface area contributed by atoms with Crippen LogP contribution in [0, 0.1) is 0 Å². The van der Waals surface area contributed by atoms with E-state index < -0.39 is 6.29 Å². The Hall–Kier alpha value is -0.120. The predicted octanol–water partition coefficient (Wildman–Crippen LogP) is 0.596. The Morgan fingerprint density at radius 3 is 2.00 bits per heavy atom. The largest absolute Gasteiger partial charge is 0.368 e. The molecule has 0 bridgehead atoms. The van der Waals surface area contributed by atoms with Crippen LogP contribution < -0.4 is 5.73 Å². The molecule has 11 heavy (non-hydrogen) atoms. The molecular formula is C8H19NO2. The Kier molecular flexibility index (Phi) is 7.89. The van der Waals surface area contributed by atoms with Crippen LogP contribution in [0.1, 0.15) is 38.5 Å². The minimum absolute atomic E-state index is 0.503. The summed E-state index contributed by atoms with van der Waals surface area (Å²) in [6.45, 7) is 0.766. The molecule has 0 atom stereocenters. The van der Waals surface area contributed by atoms with E-state index >= 15 is 0 Å². The zero-order valence-corrected chi connectivity index (χ0v) is 7.00. The standard InChI is InChI=1S/C8H19NO2/c9-7-5-3-1-2-4-6-8(10)11/h8,10-11H,1-7,9H2. The molecule has 0 saturated carbocycles. The first-order chi connectivity index (χ1) is 5.27. The number of nitrogens with two attached hydrogens (primary N) is 1. The molecule has 0 aromatic carbocycles. The van der Waals surface area contributed by atoms with Crippen molar-refractivity contribution in [2.75, 3.05) is 6.54 Å². The summed E-state index contributed by atoms with van der Waals surface area (Å²) in [5.74, 6) is 0. The fraction of sp³-hybridized carbons (Fsp3) is 1.00. The Bertz CT molecular complexity index is 76.5. The van der Waals surface area contributed by atoms with Gasteiger partial charge >= 0.3 is 0 Å². The topological polar surface area (TPSA) is 66.5 Å². The lowest BCUT2D eigenvalue weighted by molar-refractivity contribution is -0.0466. The van der Waals surface area contributed by atoms with Crippen LogP contribution in [0.4, 0.5) is 0 Å². The lowest BCUT2D eigenvalue weighted by atomic mass is 10.1. The van der Waals surface area contributed by atoms with Crippen molar-refractivity contribution in [1.29, 1.82) is 0 Å². The minimum Gasteiger partial charge on any atom is -0.368 e. The van der Waals surface area contributed by atoms with E-state index in [1.54, 1.807) is 0 Å². The van der Waals surface area contributed by atoms with Gasteiger partial charge in [0, 0.05) is 0 Å². The normalized spacial score (nSPS) is 10.9. The molecule has 0 spiro atoms. The molecule has 0 rings (SSSR count). The smallest absolute Gasteiger partial charge is 0.151 e. The van der Waals surface area contributed by atoms with E-state index in [1.165, 1.54) is 0 Å². The van der Waals surface area contributed by atoms with Gasteiger partial charge in [-0.15, -0.1) is 0 Å². The fourth-order valence-electron chi connectivity index (χ4n) is 1.00. The molecule has 68 valence electrons. The molecule has 0 aliphatic rings. The molecule has 3 heteroatoms. The summed E-state index contributed by atoms with van der Waals surface area (Å²) < 4.78 is 0. The van der Waals surface area contributed by atoms with E-state index in [0.717, 1.165) is 38.6 Å². The second-order valence-corrected chi connectivity index (χ2v) is 2.83. The number of unbranched alkanes of at least 4 members (excludes halogenated alkanes) is 4. The van der Waals surface area contributed by atoms with E-state index in [1.807, 2.05) is 0 Å². The maximum Gasteiger partial charge on any atom is 0.151 e. The summed E-state index contributed by atoms with van der Waals surface area (Å²) in [7, 11) is 0. The molecule has 0 amide bonds. The summed E-state index contributed by atoms with van der Waals surface area (Å²) in [6.07, 6.45) is 4.77. The second kappa shape index (κ2) is 7.98. The average Bonchev–Trinajstić information content (AvgIpc) is 1.96. The van der Waals surface area contributed by atoms with Crippen molar-refractivity contribution in [3.63, 3.8) is 0 Å². The van der Waals surface area contributed by atoms with Crippen molar-refractivity contribution in [3.05, 3.63) is 0 Å². The van der Waals surface area contributed by atoms with Crippen molar-refractivity contribution in [2.45, 2.75) is 44.8 Å². The van der Waals surface area contributed by atoms with E-state index in [9.17, 15) is 0 Å². The Morgan fingerprint density at radius 2 is 1.45 bits per heavy atom. The van der Waals surface area contributed by atoms with Crippen LogP contribution in [0.5, 0.6) is 0 Å². The van der Waals surface area contributed by atoms with Crippen LogP contribution in [0.25, 0.3) is 0 Å². The van der Waals surface area contributed by atoms with Crippen molar-refractivity contribution >= 4 is 0 Å². The molecule has 3 nitrogen and oxygen atoms in total. The van der Waals surface area contributed by atoms with Crippen LogP contribution in [0.15, 0.2) is 0 Å². The maximum absolute atomic E-state index is 8.49. The minimum atomic E-state index is -1.12. The quantitative estimate of drug-likeness (QED) is 0.378. The zero-order chi connectivity index (χ0) is 8.53. The molecule has 4 N–H and O–H groups in total. The van der Waals surface area contributed by atoms with Gasteiger partial charge in [-0.25, -0.2) is 0 Å². The monoisotopic (exact) mass is 161 g/mol. The SMILES string of the molecule is NCCCCCCCC(O)O. The molecule has 0 aliphatic carbocycles. The molecule has 0 aromatic rings. The van der Waals surface area contributed by atoms with Crippen molar-refractivity contribution < 1.29 is 10.2 Å². The van der Waals surface area contributed by atoms with Gasteiger partial charge < -0.3 is 15.9 Å². The van der Waals surface area contributed by atoms with Crippen LogP contribution in [0.3, 0.4) is 0 Å². The van der Waals surface area contributed by atoms with Crippen LogP contribution in [-0.4, -0.2) is 23.0 Å². The number of hydrogen-bond acceptors (Lipinski definition) is 3. The van der Waals surface area contributed by atoms with Gasteiger partial charge in [-0.2, -0.15) is 0 Å². The highest BCUT2D eigenvalue weighted by Gasteiger charge is 1.95. The molecular weight excluding hydrogens is 142 g/mol. The lowest BCUT2D eigenvalue weighted by Crippen LogP contribution is -2.03. The van der Waals surface area contributed by atoms with Crippen molar-refractivity contribution in [3.8, 4) is 0 Å². The van der Waals surface area contributed by atoms with Gasteiger partial charge in [0.25, 0.3) is 0 Å². The van der Waals surface area contributed by atoms with E-state index in [-0.39, 0.29) is 0 Å². The zero-order valence-electron chi connectivity index (χ0n) is 7.00. The molecule has 0 aromatic heterocycles. The average molecular weight is 161 g/mol. The maximum atomic E-state index is 8.49. The van der Waals surface area contributed by atoms with Gasteiger partial charge in [-0.1, -0.05) is 19.3 Å². The highest BCUT2D eigenvalue weighted by atomic mass is 16.5. The summed E-state index contributed by atoms with van der Waals surface area (Å²) in [4.78, 5) is 0. The second-order valence-electron chi connectivity index (χ2n) is 2.83. The van der Waals surface area contributed by atoms with E-state index in [0.29, 0.717) is 6.42 Å². The molecule has 0 saturated heterocycles. The molecule has 0 fully saturated rings. The molecule has 0 radical (unpaired) electrons. The van der Waals surface area contributed by atoms with Crippen LogP contribution in [-0.2, 0) is 0 Å². The molecule has 0 aliphatic heterocycles. The highest BCUT2D eigenvalue weighted by Crippen LogP contribution is 2.05. The summed E-state index contributed by atoms with van der Waals surface area (Å²) >= 11 is 0. The van der Waals surface area contributed by atoms with Crippen LogP contribution >= 0.6 is 0 Å². The number of aliphatic hydroxyl groups is 2. The predicted molar refractivity (Wildman–Crippen MR) is 45.0 cm³/mol. The van der Waals surface area contributed by atoms with E-state index in [4.69, 9.17) is 15.9 Å². The first-order valence-corrected chi connectivity index (χ1v) is 4.33. The summed E-state index contributed by atoms with van der Waals surface area (Å²) in [5, 5.41) is 17.0. The number of hydrogen-bond donors (Lipinski definition) is 3. The van der Waals surface area contributed by atoms with Gasteiger partial charge in [0.1, 0.15) is 0 Å². The van der Waals surface area contributed by atoms with Gasteiger partial charge in [0.15, 0.2) is 6.29 Å².